The molecule has 0 spiro atoms. The van der Waals surface area contributed by atoms with Gasteiger partial charge in [-0.15, -0.1) is 0 Å². The number of carbonyl (C=O) groups is 3. The van der Waals surface area contributed by atoms with E-state index in [1.807, 2.05) is 30.3 Å². The van der Waals surface area contributed by atoms with Crippen LogP contribution in [0, 0.1) is 17.8 Å². The van der Waals surface area contributed by atoms with Gasteiger partial charge in [0.2, 0.25) is 5.78 Å². The van der Waals surface area contributed by atoms with Gasteiger partial charge in [0, 0.05) is 24.8 Å². The van der Waals surface area contributed by atoms with Crippen LogP contribution in [0.1, 0.15) is 31.2 Å². The first-order valence-corrected chi connectivity index (χ1v) is 8.04. The van der Waals surface area contributed by atoms with Gasteiger partial charge in [-0.2, -0.15) is 0 Å². The highest BCUT2D eigenvalue weighted by molar-refractivity contribution is 6.37. The first kappa shape index (κ1) is 14.9. The largest absolute Gasteiger partial charge is 0.349 e. The number of amides is 1. The Morgan fingerprint density at radius 3 is 2.50 bits per heavy atom. The number of ketones is 2. The molecule has 4 heteroatoms. The van der Waals surface area contributed by atoms with Crippen LogP contribution in [0.3, 0.4) is 0 Å². The quantitative estimate of drug-likeness (QED) is 0.816. The van der Waals surface area contributed by atoms with Gasteiger partial charge in [-0.1, -0.05) is 30.3 Å². The minimum absolute atomic E-state index is 0.109. The summed E-state index contributed by atoms with van der Waals surface area (Å²) in [6.45, 7) is 0.592. The third kappa shape index (κ3) is 3.43. The predicted molar refractivity (Wildman–Crippen MR) is 82.1 cm³/mol. The average Bonchev–Trinajstić information content (AvgIpc) is 3.30. The van der Waals surface area contributed by atoms with E-state index in [0.29, 0.717) is 31.7 Å². The van der Waals surface area contributed by atoms with Gasteiger partial charge in [0.1, 0.15) is 5.78 Å². The third-order valence-electron chi connectivity index (χ3n) is 4.71. The maximum absolute atomic E-state index is 12.4. The lowest BCUT2D eigenvalue weighted by Crippen LogP contribution is -2.38. The van der Waals surface area contributed by atoms with Crippen LogP contribution in [-0.4, -0.2) is 24.0 Å². The van der Waals surface area contributed by atoms with E-state index in [1.165, 1.54) is 0 Å². The lowest BCUT2D eigenvalue weighted by molar-refractivity contribution is -0.141. The molecule has 0 saturated heterocycles. The van der Waals surface area contributed by atoms with Crippen molar-refractivity contribution in [3.05, 3.63) is 35.9 Å². The molecule has 1 aromatic carbocycles. The van der Waals surface area contributed by atoms with E-state index in [9.17, 15) is 14.4 Å². The van der Waals surface area contributed by atoms with Crippen LogP contribution in [0.4, 0.5) is 0 Å². The maximum atomic E-state index is 12.4. The standard InChI is InChI=1S/C18H21NO3/c20-16-9-8-14(15(16)10-12-4-2-1-3-5-12)17(21)18(22)19-11-13-6-7-13/h1-5,13-15H,6-11H2,(H,19,22). The summed E-state index contributed by atoms with van der Waals surface area (Å²) in [6.07, 6.45) is 3.72. The molecule has 1 amide bonds. The summed E-state index contributed by atoms with van der Waals surface area (Å²) in [7, 11) is 0. The molecule has 1 aromatic rings. The lowest BCUT2D eigenvalue weighted by Gasteiger charge is -2.17. The van der Waals surface area contributed by atoms with Gasteiger partial charge < -0.3 is 5.32 Å². The lowest BCUT2D eigenvalue weighted by atomic mass is 9.86. The van der Waals surface area contributed by atoms with Crippen molar-refractivity contribution < 1.29 is 14.4 Å². The zero-order chi connectivity index (χ0) is 15.5. The highest BCUT2D eigenvalue weighted by atomic mass is 16.2. The highest BCUT2D eigenvalue weighted by Gasteiger charge is 2.41. The maximum Gasteiger partial charge on any atom is 0.287 e. The Labute approximate surface area is 130 Å². The Bertz CT molecular complexity index is 577. The first-order chi connectivity index (χ1) is 10.6. The smallest absolute Gasteiger partial charge is 0.287 e. The van der Waals surface area contributed by atoms with Crippen LogP contribution >= 0.6 is 0 Å². The Morgan fingerprint density at radius 2 is 1.82 bits per heavy atom. The fourth-order valence-electron chi connectivity index (χ4n) is 3.16. The molecule has 3 rings (SSSR count). The molecule has 2 aliphatic rings. The van der Waals surface area contributed by atoms with Gasteiger partial charge in [-0.3, -0.25) is 14.4 Å². The topological polar surface area (TPSA) is 63.2 Å². The molecule has 0 radical (unpaired) electrons. The number of benzene rings is 1. The number of Topliss-reactive ketones (excluding diaryl/α,β-unsaturated/α-hetero) is 2. The zero-order valence-electron chi connectivity index (χ0n) is 12.6. The second kappa shape index (κ2) is 6.42. The number of hydrogen-bond acceptors (Lipinski definition) is 3. The van der Waals surface area contributed by atoms with E-state index in [4.69, 9.17) is 0 Å². The number of hydrogen-bond donors (Lipinski definition) is 1. The van der Waals surface area contributed by atoms with E-state index >= 15 is 0 Å². The van der Waals surface area contributed by atoms with Crippen molar-refractivity contribution in [2.24, 2.45) is 17.8 Å². The van der Waals surface area contributed by atoms with Crippen LogP contribution in [0.5, 0.6) is 0 Å². The Morgan fingerprint density at radius 1 is 1.09 bits per heavy atom. The molecule has 2 saturated carbocycles. The Balaban J connectivity index is 1.64. The van der Waals surface area contributed by atoms with Crippen molar-refractivity contribution in [1.82, 2.24) is 5.32 Å². The van der Waals surface area contributed by atoms with Crippen molar-refractivity contribution in [1.29, 1.82) is 0 Å². The summed E-state index contributed by atoms with van der Waals surface area (Å²) in [6, 6.07) is 9.69. The normalized spacial score (nSPS) is 24.3. The summed E-state index contributed by atoms with van der Waals surface area (Å²) in [5.74, 6) is -1.06. The molecule has 4 nitrogen and oxygen atoms in total. The fraction of sp³-hybridized carbons (Fsp3) is 0.500. The molecule has 0 bridgehead atoms. The monoisotopic (exact) mass is 299 g/mol. The number of carbonyl (C=O) groups excluding carboxylic acids is 3. The van der Waals surface area contributed by atoms with E-state index in [0.717, 1.165) is 18.4 Å². The molecule has 2 unspecified atom stereocenters. The zero-order valence-corrected chi connectivity index (χ0v) is 12.6. The molecule has 0 aliphatic heterocycles. The van der Waals surface area contributed by atoms with Crippen LogP contribution in [0.2, 0.25) is 0 Å². The average molecular weight is 299 g/mol. The summed E-state index contributed by atoms with van der Waals surface area (Å²) in [5, 5.41) is 2.72. The minimum atomic E-state index is -0.510. The second-order valence-electron chi connectivity index (χ2n) is 6.43. The highest BCUT2D eigenvalue weighted by Crippen LogP contribution is 2.32. The SMILES string of the molecule is O=C(NCC1CC1)C(=O)C1CCC(=O)C1Cc1ccccc1. The van der Waals surface area contributed by atoms with Crippen molar-refractivity contribution in [3.8, 4) is 0 Å². The van der Waals surface area contributed by atoms with Crippen LogP contribution in [-0.2, 0) is 20.8 Å². The van der Waals surface area contributed by atoms with E-state index in [2.05, 4.69) is 5.32 Å². The molecule has 0 heterocycles. The molecule has 2 aliphatic carbocycles. The summed E-state index contributed by atoms with van der Waals surface area (Å²) in [4.78, 5) is 36.5. The molecule has 0 aromatic heterocycles. The summed E-state index contributed by atoms with van der Waals surface area (Å²) < 4.78 is 0. The van der Waals surface area contributed by atoms with Crippen LogP contribution < -0.4 is 5.32 Å². The van der Waals surface area contributed by atoms with Crippen molar-refractivity contribution in [2.75, 3.05) is 6.54 Å². The molecular formula is C18H21NO3. The fourth-order valence-corrected chi connectivity index (χ4v) is 3.16. The molecule has 2 atom stereocenters. The number of nitrogens with one attached hydrogen (secondary N) is 1. The molecule has 1 N–H and O–H groups in total. The molecule has 116 valence electrons. The minimum Gasteiger partial charge on any atom is -0.349 e. The third-order valence-corrected chi connectivity index (χ3v) is 4.71. The van der Waals surface area contributed by atoms with E-state index in [-0.39, 0.29) is 11.7 Å². The van der Waals surface area contributed by atoms with E-state index < -0.39 is 17.6 Å². The number of rotatable bonds is 6. The van der Waals surface area contributed by atoms with Gasteiger partial charge in [0.05, 0.1) is 0 Å². The van der Waals surface area contributed by atoms with Gasteiger partial charge in [0.15, 0.2) is 0 Å². The van der Waals surface area contributed by atoms with Crippen LogP contribution in [0.25, 0.3) is 0 Å². The van der Waals surface area contributed by atoms with Crippen molar-refractivity contribution in [2.45, 2.75) is 32.1 Å². The molecular weight excluding hydrogens is 278 g/mol. The second-order valence-corrected chi connectivity index (χ2v) is 6.43. The van der Waals surface area contributed by atoms with E-state index in [1.54, 1.807) is 0 Å². The summed E-state index contributed by atoms with van der Waals surface area (Å²) in [5.41, 5.74) is 1.04. The van der Waals surface area contributed by atoms with Gasteiger partial charge in [-0.05, 0) is 37.2 Å². The predicted octanol–water partition coefficient (Wildman–Crippen LogP) is 1.92. The van der Waals surface area contributed by atoms with Gasteiger partial charge in [0.25, 0.3) is 5.91 Å². The van der Waals surface area contributed by atoms with Crippen LogP contribution in [0.15, 0.2) is 30.3 Å². The molecule has 2 fully saturated rings. The van der Waals surface area contributed by atoms with Crippen molar-refractivity contribution >= 4 is 17.5 Å². The Kier molecular flexibility index (Phi) is 4.36. The molecule has 22 heavy (non-hydrogen) atoms. The first-order valence-electron chi connectivity index (χ1n) is 8.04. The van der Waals surface area contributed by atoms with Gasteiger partial charge in [-0.25, -0.2) is 0 Å². The van der Waals surface area contributed by atoms with Gasteiger partial charge >= 0.3 is 0 Å². The van der Waals surface area contributed by atoms with Crippen molar-refractivity contribution in [3.63, 3.8) is 0 Å². The Hall–Kier alpha value is -1.97. The summed E-state index contributed by atoms with van der Waals surface area (Å²) >= 11 is 0.